The number of carbonyl (C=O) groups excluding carboxylic acids is 2. The third-order valence-electron chi connectivity index (χ3n) is 7.52. The first-order valence-corrected chi connectivity index (χ1v) is 14.3. The van der Waals surface area contributed by atoms with Crippen molar-refractivity contribution < 1.29 is 22.8 Å². The maximum absolute atomic E-state index is 13.3. The summed E-state index contributed by atoms with van der Waals surface area (Å²) in [5.74, 6) is -0.689. The molecule has 2 aromatic heterocycles. The van der Waals surface area contributed by atoms with Crippen molar-refractivity contribution in [3.05, 3.63) is 155 Å². The number of nitrogens with one attached hydrogen (secondary N) is 2. The highest BCUT2D eigenvalue weighted by molar-refractivity contribution is 6.15. The molecule has 2 amide bonds. The van der Waals surface area contributed by atoms with E-state index in [1.807, 2.05) is 54.6 Å². The smallest absolute Gasteiger partial charge is 0.339 e. The van der Waals surface area contributed by atoms with Crippen LogP contribution in [0.2, 0.25) is 0 Å². The second kappa shape index (κ2) is 12.6. The number of pyridine rings is 2. The largest absolute Gasteiger partial charge is 0.416 e. The summed E-state index contributed by atoms with van der Waals surface area (Å²) in [5.41, 5.74) is 3.80. The van der Waals surface area contributed by atoms with E-state index in [2.05, 4.69) is 20.6 Å². The molecule has 224 valence electrons. The predicted octanol–water partition coefficient (Wildman–Crippen LogP) is 7.91. The summed E-state index contributed by atoms with van der Waals surface area (Å²) < 4.78 is 39.1. The molecule has 2 N–H and O–H groups in total. The first kappa shape index (κ1) is 29.5. The Kier molecular flexibility index (Phi) is 8.24. The van der Waals surface area contributed by atoms with Gasteiger partial charge >= 0.3 is 6.18 Å². The van der Waals surface area contributed by atoms with Crippen LogP contribution in [0.25, 0.3) is 16.5 Å². The van der Waals surface area contributed by atoms with Gasteiger partial charge in [-0.2, -0.15) is 13.2 Å². The molecular formula is C36H27F3N4O2. The monoisotopic (exact) mass is 604 g/mol. The van der Waals surface area contributed by atoms with Gasteiger partial charge in [-0.1, -0.05) is 66.7 Å². The van der Waals surface area contributed by atoms with E-state index in [1.165, 1.54) is 18.3 Å². The number of aromatic nitrogens is 2. The lowest BCUT2D eigenvalue weighted by atomic mass is 9.90. The van der Waals surface area contributed by atoms with E-state index in [-0.39, 0.29) is 11.8 Å². The van der Waals surface area contributed by atoms with Crippen LogP contribution in [0.1, 0.15) is 51.6 Å². The second-order valence-corrected chi connectivity index (χ2v) is 10.5. The number of allylic oxidation sites excluding steroid dienone is 2. The Morgan fingerprint density at radius 3 is 2.27 bits per heavy atom. The maximum atomic E-state index is 13.3. The highest BCUT2D eigenvalue weighted by Gasteiger charge is 2.30. The summed E-state index contributed by atoms with van der Waals surface area (Å²) in [6.07, 6.45) is 3.71. The van der Waals surface area contributed by atoms with Gasteiger partial charge in [0.2, 0.25) is 0 Å². The lowest BCUT2D eigenvalue weighted by molar-refractivity contribution is -0.137. The fourth-order valence-corrected chi connectivity index (χ4v) is 5.26. The molecule has 0 radical (unpaired) electrons. The molecule has 6 rings (SSSR count). The van der Waals surface area contributed by atoms with Gasteiger partial charge in [0.05, 0.1) is 28.4 Å². The molecule has 0 spiro atoms. The minimum absolute atomic E-state index is 0.312. The fraction of sp³-hybridized carbons (Fsp3) is 0.111. The Morgan fingerprint density at radius 1 is 0.778 bits per heavy atom. The first-order chi connectivity index (χ1) is 21.8. The third kappa shape index (κ3) is 6.67. The number of anilines is 1. The highest BCUT2D eigenvalue weighted by Crippen LogP contribution is 2.33. The summed E-state index contributed by atoms with van der Waals surface area (Å²) in [6, 6.07) is 26.4. The van der Waals surface area contributed by atoms with Gasteiger partial charge in [-0.05, 0) is 72.0 Å². The summed E-state index contributed by atoms with van der Waals surface area (Å²) in [4.78, 5) is 35.6. The lowest BCUT2D eigenvalue weighted by Crippen LogP contribution is -2.30. The van der Waals surface area contributed by atoms with Crippen molar-refractivity contribution in [1.82, 2.24) is 15.3 Å². The zero-order chi connectivity index (χ0) is 31.4. The van der Waals surface area contributed by atoms with Crippen LogP contribution in [0.5, 0.6) is 0 Å². The number of alkyl halides is 3. The molecule has 9 heteroatoms. The fourth-order valence-electron chi connectivity index (χ4n) is 5.26. The zero-order valence-electron chi connectivity index (χ0n) is 23.9. The molecule has 1 unspecified atom stereocenters. The lowest BCUT2D eigenvalue weighted by Gasteiger charge is -2.19. The molecule has 2 heterocycles. The first-order valence-electron chi connectivity index (χ1n) is 14.3. The standard InChI is InChI=1S/C36H27F3N4O2/c37-36(38,39)27-16-13-23(14-17-27)29-10-4-5-11-30(29)35(45)42-28-18-15-25-20-26(22-41-32(25)21-28)34(44)43-33(24-8-2-1-3-9-24)31-12-6-7-19-40-31/h1-3,6-22,33H,4-5H2,(H,42,45)(H,43,44). The Morgan fingerprint density at radius 2 is 1.53 bits per heavy atom. The quantitative estimate of drug-likeness (QED) is 0.198. The van der Waals surface area contributed by atoms with Crippen molar-refractivity contribution >= 4 is 34.0 Å². The number of amides is 2. The highest BCUT2D eigenvalue weighted by atomic mass is 19.4. The van der Waals surface area contributed by atoms with E-state index in [1.54, 1.807) is 36.5 Å². The zero-order valence-corrected chi connectivity index (χ0v) is 23.9. The van der Waals surface area contributed by atoms with Crippen molar-refractivity contribution in [2.75, 3.05) is 5.32 Å². The number of fused-ring (bicyclic) bond motifs is 1. The molecule has 5 aromatic rings. The normalized spacial score (nSPS) is 13.8. The van der Waals surface area contributed by atoms with Crippen molar-refractivity contribution in [3.8, 4) is 0 Å². The Labute approximate surface area is 257 Å². The second-order valence-electron chi connectivity index (χ2n) is 10.5. The predicted molar refractivity (Wildman–Crippen MR) is 167 cm³/mol. The average molecular weight is 605 g/mol. The van der Waals surface area contributed by atoms with Gasteiger partial charge < -0.3 is 10.6 Å². The summed E-state index contributed by atoms with van der Waals surface area (Å²) in [6.45, 7) is 0. The van der Waals surface area contributed by atoms with Crippen LogP contribution in [0.4, 0.5) is 18.9 Å². The van der Waals surface area contributed by atoms with E-state index in [0.717, 1.165) is 17.7 Å². The molecule has 0 aliphatic heterocycles. The van der Waals surface area contributed by atoms with Crippen molar-refractivity contribution in [1.29, 1.82) is 0 Å². The van der Waals surface area contributed by atoms with Crippen molar-refractivity contribution in [3.63, 3.8) is 0 Å². The van der Waals surface area contributed by atoms with E-state index in [4.69, 9.17) is 0 Å². The van der Waals surface area contributed by atoms with Gasteiger partial charge in [-0.3, -0.25) is 19.6 Å². The Balaban J connectivity index is 1.18. The van der Waals surface area contributed by atoms with Gasteiger partial charge in [0.1, 0.15) is 0 Å². The van der Waals surface area contributed by atoms with Gasteiger partial charge in [0, 0.05) is 29.0 Å². The number of rotatable bonds is 7. The molecule has 1 aliphatic carbocycles. The molecule has 1 atom stereocenters. The summed E-state index contributed by atoms with van der Waals surface area (Å²) in [5, 5.41) is 6.66. The number of hydrogen-bond acceptors (Lipinski definition) is 4. The van der Waals surface area contributed by atoms with Crippen LogP contribution in [0.3, 0.4) is 0 Å². The SMILES string of the molecule is O=C(Nc1ccc2cc(C(=O)NC(c3ccccc3)c3ccccn3)cnc2c1)C1=CCCC=C1c1ccc(C(F)(F)F)cc1. The number of hydrogen-bond donors (Lipinski definition) is 2. The van der Waals surface area contributed by atoms with Crippen LogP contribution in [-0.4, -0.2) is 21.8 Å². The number of halogens is 3. The summed E-state index contributed by atoms with van der Waals surface area (Å²) in [7, 11) is 0. The molecule has 0 saturated carbocycles. The van der Waals surface area contributed by atoms with Gasteiger partial charge in [-0.25, -0.2) is 0 Å². The van der Waals surface area contributed by atoms with Gasteiger partial charge in [-0.15, -0.1) is 0 Å². The Hall–Kier alpha value is -5.57. The minimum atomic E-state index is -4.44. The number of benzene rings is 3. The van der Waals surface area contributed by atoms with E-state index in [0.29, 0.717) is 57.4 Å². The van der Waals surface area contributed by atoms with Crippen LogP contribution < -0.4 is 10.6 Å². The molecule has 0 saturated heterocycles. The number of carbonyl (C=O) groups is 2. The van der Waals surface area contributed by atoms with Gasteiger partial charge in [0.15, 0.2) is 0 Å². The molecule has 1 aliphatic rings. The van der Waals surface area contributed by atoms with E-state index < -0.39 is 17.8 Å². The Bertz CT molecular complexity index is 1880. The van der Waals surface area contributed by atoms with E-state index >= 15 is 0 Å². The van der Waals surface area contributed by atoms with Crippen LogP contribution in [0.15, 0.2) is 127 Å². The molecule has 0 bridgehead atoms. The van der Waals surface area contributed by atoms with Gasteiger partial charge in [0.25, 0.3) is 11.8 Å². The average Bonchev–Trinajstić information content (AvgIpc) is 3.07. The van der Waals surface area contributed by atoms with Crippen LogP contribution >= 0.6 is 0 Å². The van der Waals surface area contributed by atoms with Crippen molar-refractivity contribution in [2.45, 2.75) is 25.1 Å². The molecule has 0 fully saturated rings. The van der Waals surface area contributed by atoms with E-state index in [9.17, 15) is 22.8 Å². The minimum Gasteiger partial charge on any atom is -0.339 e. The summed E-state index contributed by atoms with van der Waals surface area (Å²) >= 11 is 0. The van der Waals surface area contributed by atoms with Crippen molar-refractivity contribution in [2.24, 2.45) is 0 Å². The van der Waals surface area contributed by atoms with Crippen LogP contribution in [0, 0.1) is 0 Å². The molecule has 3 aromatic carbocycles. The van der Waals surface area contributed by atoms with Crippen LogP contribution in [-0.2, 0) is 11.0 Å². The maximum Gasteiger partial charge on any atom is 0.416 e. The molecule has 45 heavy (non-hydrogen) atoms. The molecule has 6 nitrogen and oxygen atoms in total. The number of nitrogens with zero attached hydrogens (tertiary/aromatic N) is 2. The topological polar surface area (TPSA) is 84.0 Å². The third-order valence-corrected chi connectivity index (χ3v) is 7.52. The molecular weight excluding hydrogens is 577 g/mol.